The van der Waals surface area contributed by atoms with Crippen molar-refractivity contribution in [3.63, 3.8) is 0 Å². The summed E-state index contributed by atoms with van der Waals surface area (Å²) < 4.78 is 32.9. The summed E-state index contributed by atoms with van der Waals surface area (Å²) in [5.41, 5.74) is 5.04. The highest BCUT2D eigenvalue weighted by Crippen LogP contribution is 2.44. The molecule has 1 aliphatic heterocycles. The van der Waals surface area contributed by atoms with Crippen molar-refractivity contribution in [3.05, 3.63) is 113 Å². The molecule has 4 aromatic carbocycles. The number of carbonyl (C=O) groups is 1. The van der Waals surface area contributed by atoms with Gasteiger partial charge in [0.25, 0.3) is 0 Å². The number of carbonyl (C=O) groups excluding carboxylic acids is 1. The van der Waals surface area contributed by atoms with Crippen LogP contribution in [0, 0.1) is 5.82 Å². The molecule has 5 nitrogen and oxygen atoms in total. The second-order valence-electron chi connectivity index (χ2n) is 11.7. The van der Waals surface area contributed by atoms with Gasteiger partial charge in [-0.1, -0.05) is 84.9 Å². The first-order valence-corrected chi connectivity index (χ1v) is 14.0. The Balaban J connectivity index is 1.22. The summed E-state index contributed by atoms with van der Waals surface area (Å²) in [7, 11) is -0.697. The minimum Gasteiger partial charge on any atom is -0.449 e. The molecule has 1 fully saturated rings. The maximum absolute atomic E-state index is 14.5. The van der Waals surface area contributed by atoms with Gasteiger partial charge >= 0.3 is 13.2 Å². The zero-order chi connectivity index (χ0) is 28.8. The van der Waals surface area contributed by atoms with Gasteiger partial charge in [-0.3, -0.25) is 0 Å². The Kier molecular flexibility index (Phi) is 6.96. The summed E-state index contributed by atoms with van der Waals surface area (Å²) in [5, 5.41) is 4.20. The summed E-state index contributed by atoms with van der Waals surface area (Å²) in [4.78, 5) is 13.0. The molecule has 0 aromatic heterocycles. The second kappa shape index (κ2) is 10.5. The Morgan fingerprint density at radius 3 is 2.05 bits per heavy atom. The molecule has 0 unspecified atom stereocenters. The molecule has 7 heteroatoms. The van der Waals surface area contributed by atoms with Crippen LogP contribution in [0.15, 0.2) is 90.4 Å². The summed E-state index contributed by atoms with van der Waals surface area (Å²) in [6, 6.07) is 27.0. The van der Waals surface area contributed by atoms with Crippen LogP contribution in [0.3, 0.4) is 0 Å². The van der Waals surface area contributed by atoms with E-state index in [0.717, 1.165) is 22.1 Å². The van der Waals surface area contributed by atoms with Gasteiger partial charge in [0.15, 0.2) is 0 Å². The number of fused-ring (bicyclic) bond motifs is 4. The van der Waals surface area contributed by atoms with Gasteiger partial charge in [-0.05, 0) is 72.4 Å². The third-order valence-corrected chi connectivity index (χ3v) is 8.58. The first-order valence-electron chi connectivity index (χ1n) is 14.0. The van der Waals surface area contributed by atoms with Crippen molar-refractivity contribution >= 4 is 30.1 Å². The van der Waals surface area contributed by atoms with Gasteiger partial charge in [0.1, 0.15) is 12.4 Å². The van der Waals surface area contributed by atoms with Crippen molar-refractivity contribution in [1.29, 1.82) is 0 Å². The Morgan fingerprint density at radius 1 is 0.854 bits per heavy atom. The molecule has 208 valence electrons. The summed E-state index contributed by atoms with van der Waals surface area (Å²) in [6.07, 6.45) is 1.38. The van der Waals surface area contributed by atoms with Gasteiger partial charge in [0.05, 0.1) is 11.2 Å². The fraction of sp³-hybridized carbons (Fsp3) is 0.265. The fourth-order valence-corrected chi connectivity index (χ4v) is 5.63. The first kappa shape index (κ1) is 27.2. The molecule has 1 N–H and O–H groups in total. The number of rotatable bonds is 6. The minimum absolute atomic E-state index is 0.0307. The van der Waals surface area contributed by atoms with E-state index in [1.165, 1.54) is 17.2 Å². The predicted octanol–water partition coefficient (Wildman–Crippen LogP) is 7.53. The van der Waals surface area contributed by atoms with Crippen LogP contribution in [0.1, 0.15) is 50.3 Å². The van der Waals surface area contributed by atoms with E-state index in [-0.39, 0.29) is 24.9 Å². The Hall–Kier alpha value is -3.94. The lowest BCUT2D eigenvalue weighted by Crippen LogP contribution is -2.41. The molecule has 0 radical (unpaired) electrons. The molecule has 6 rings (SSSR count). The number of nitrogens with one attached hydrogen (secondary N) is 1. The smallest absolute Gasteiger partial charge is 0.449 e. The van der Waals surface area contributed by atoms with E-state index in [9.17, 15) is 9.18 Å². The molecular weight excluding hydrogens is 516 g/mol. The largest absolute Gasteiger partial charge is 0.492 e. The highest BCUT2D eigenvalue weighted by Gasteiger charge is 2.52. The highest BCUT2D eigenvalue weighted by atomic mass is 19.1. The van der Waals surface area contributed by atoms with E-state index in [0.29, 0.717) is 10.9 Å². The minimum atomic E-state index is -0.697. The van der Waals surface area contributed by atoms with Crippen LogP contribution in [-0.4, -0.2) is 37.6 Å². The van der Waals surface area contributed by atoms with Crippen LogP contribution < -0.4 is 5.32 Å². The molecule has 4 aromatic rings. The van der Waals surface area contributed by atoms with Crippen LogP contribution in [0.25, 0.3) is 28.0 Å². The van der Waals surface area contributed by atoms with Gasteiger partial charge in [0, 0.05) is 17.8 Å². The first-order chi connectivity index (χ1) is 19.6. The van der Waals surface area contributed by atoms with Crippen molar-refractivity contribution in [2.45, 2.75) is 44.8 Å². The normalized spacial score (nSPS) is 17.4. The van der Waals surface area contributed by atoms with Crippen molar-refractivity contribution in [2.24, 2.45) is 0 Å². The van der Waals surface area contributed by atoms with E-state index in [1.54, 1.807) is 12.1 Å². The monoisotopic (exact) mass is 549 g/mol. The number of hydrogen-bond donors (Lipinski definition) is 1. The van der Waals surface area contributed by atoms with Crippen LogP contribution in [0.4, 0.5) is 9.18 Å². The molecule has 0 spiro atoms. The van der Waals surface area contributed by atoms with Crippen molar-refractivity contribution in [2.75, 3.05) is 13.2 Å². The summed E-state index contributed by atoms with van der Waals surface area (Å²) >= 11 is 0. The molecule has 2 aliphatic rings. The van der Waals surface area contributed by atoms with E-state index in [2.05, 4.69) is 29.6 Å². The van der Waals surface area contributed by atoms with Gasteiger partial charge in [0.2, 0.25) is 0 Å². The Labute approximate surface area is 240 Å². The number of alkyl carbamates (subject to hydrolysis) is 1. The second-order valence-corrected chi connectivity index (χ2v) is 11.7. The maximum Gasteiger partial charge on any atom is 0.492 e. The van der Waals surface area contributed by atoms with Crippen LogP contribution >= 0.6 is 0 Å². The molecule has 0 saturated carbocycles. The SMILES string of the molecule is CC1(C)OB(C(=Cc2ccc(F)c3ccccc23)CNC(=O)OCC2c3ccccc3-c3ccccc32)OC1(C)C. The summed E-state index contributed by atoms with van der Waals surface area (Å²) in [6.45, 7) is 8.29. The maximum atomic E-state index is 14.5. The average Bonchev–Trinajstić information content (AvgIpc) is 3.40. The molecular formula is C34H33BFNO4. The average molecular weight is 549 g/mol. The molecule has 0 bridgehead atoms. The predicted molar refractivity (Wildman–Crippen MR) is 161 cm³/mol. The van der Waals surface area contributed by atoms with E-state index in [1.807, 2.05) is 76.2 Å². The van der Waals surface area contributed by atoms with Crippen LogP contribution in [0.2, 0.25) is 0 Å². The van der Waals surface area contributed by atoms with Crippen molar-refractivity contribution in [1.82, 2.24) is 5.32 Å². The molecule has 1 amide bonds. The van der Waals surface area contributed by atoms with E-state index < -0.39 is 24.4 Å². The fourth-order valence-electron chi connectivity index (χ4n) is 5.63. The summed E-state index contributed by atoms with van der Waals surface area (Å²) in [5.74, 6) is -0.316. The van der Waals surface area contributed by atoms with Crippen molar-refractivity contribution in [3.8, 4) is 11.1 Å². The molecule has 0 atom stereocenters. The van der Waals surface area contributed by atoms with E-state index >= 15 is 0 Å². The van der Waals surface area contributed by atoms with Crippen LogP contribution in [0.5, 0.6) is 0 Å². The number of halogens is 1. The highest BCUT2D eigenvalue weighted by molar-refractivity contribution is 6.56. The third-order valence-electron chi connectivity index (χ3n) is 8.58. The number of ether oxygens (including phenoxy) is 1. The molecule has 1 heterocycles. The standard InChI is InChI=1S/C34H33BFNO4/c1-33(2)34(3,4)41-35(40-33)23(19-22-17-18-31(36)29-16-10-5-11-24(22)29)20-37-32(38)39-21-30-27-14-8-6-12-25(27)26-13-7-9-15-28(26)30/h5-19,30H,20-21H2,1-4H3,(H,37,38). The van der Waals surface area contributed by atoms with Crippen molar-refractivity contribution < 1.29 is 23.2 Å². The lowest BCUT2D eigenvalue weighted by Gasteiger charge is -2.32. The zero-order valence-electron chi connectivity index (χ0n) is 23.7. The number of hydrogen-bond acceptors (Lipinski definition) is 4. The number of amides is 1. The van der Waals surface area contributed by atoms with E-state index in [4.69, 9.17) is 14.0 Å². The van der Waals surface area contributed by atoms with Gasteiger partial charge < -0.3 is 19.4 Å². The van der Waals surface area contributed by atoms with Gasteiger partial charge in [-0.2, -0.15) is 0 Å². The topological polar surface area (TPSA) is 56.8 Å². The van der Waals surface area contributed by atoms with Crippen LogP contribution in [-0.2, 0) is 14.0 Å². The zero-order valence-corrected chi connectivity index (χ0v) is 23.7. The Morgan fingerprint density at radius 2 is 1.41 bits per heavy atom. The molecule has 1 saturated heterocycles. The quantitative estimate of drug-likeness (QED) is 0.253. The third kappa shape index (κ3) is 5.05. The Bertz CT molecular complexity index is 1600. The van der Waals surface area contributed by atoms with Gasteiger partial charge in [-0.25, -0.2) is 9.18 Å². The lowest BCUT2D eigenvalue weighted by atomic mass is 9.76. The van der Waals surface area contributed by atoms with Gasteiger partial charge in [-0.15, -0.1) is 0 Å². The number of benzene rings is 4. The molecule has 1 aliphatic carbocycles. The molecule has 41 heavy (non-hydrogen) atoms. The lowest BCUT2D eigenvalue weighted by molar-refractivity contribution is 0.00578.